The number of ether oxygens (including phenoxy) is 1. The van der Waals surface area contributed by atoms with Crippen LogP contribution < -0.4 is 21.5 Å². The van der Waals surface area contributed by atoms with Gasteiger partial charge in [0, 0.05) is 34.0 Å². The van der Waals surface area contributed by atoms with Gasteiger partial charge in [0.1, 0.15) is 17.7 Å². The van der Waals surface area contributed by atoms with Crippen molar-refractivity contribution < 1.29 is 13.9 Å². The van der Waals surface area contributed by atoms with Crippen LogP contribution in [-0.4, -0.2) is 27.5 Å². The minimum absolute atomic E-state index is 0.182. The van der Waals surface area contributed by atoms with E-state index in [-0.39, 0.29) is 5.75 Å². The third kappa shape index (κ3) is 5.11. The van der Waals surface area contributed by atoms with Crippen LogP contribution in [0.2, 0.25) is 0 Å². The number of anilines is 2. The van der Waals surface area contributed by atoms with Crippen molar-refractivity contribution in [1.29, 1.82) is 0 Å². The minimum Gasteiger partial charge on any atom is -0.491 e. The molecule has 0 aliphatic rings. The van der Waals surface area contributed by atoms with Crippen molar-refractivity contribution in [3.05, 3.63) is 101 Å². The predicted molar refractivity (Wildman–Crippen MR) is 151 cm³/mol. The number of aryl methyl sites for hydroxylation is 1. The van der Waals surface area contributed by atoms with Crippen LogP contribution >= 0.6 is 0 Å². The zero-order valence-corrected chi connectivity index (χ0v) is 21.7. The molecule has 0 spiro atoms. The molecular weight excluding hydrogens is 495 g/mol. The molecule has 0 saturated carbocycles. The van der Waals surface area contributed by atoms with Gasteiger partial charge in [0.2, 0.25) is 5.91 Å². The van der Waals surface area contributed by atoms with Crippen LogP contribution in [0.1, 0.15) is 47.2 Å². The van der Waals surface area contributed by atoms with Gasteiger partial charge < -0.3 is 26.5 Å². The maximum absolute atomic E-state index is 15.9. The molecule has 0 saturated heterocycles. The second kappa shape index (κ2) is 10.8. The average Bonchev–Trinajstić information content (AvgIpc) is 3.43. The van der Waals surface area contributed by atoms with E-state index in [0.29, 0.717) is 47.1 Å². The number of pyridine rings is 1. The fourth-order valence-corrected chi connectivity index (χ4v) is 4.66. The molecule has 9 heteroatoms. The molecule has 0 bridgehead atoms. The van der Waals surface area contributed by atoms with E-state index in [9.17, 15) is 4.79 Å². The molecule has 39 heavy (non-hydrogen) atoms. The summed E-state index contributed by atoms with van der Waals surface area (Å²) in [6.07, 6.45) is 3.95. The van der Waals surface area contributed by atoms with E-state index < -0.39 is 17.8 Å². The number of benzene rings is 3. The highest BCUT2D eigenvalue weighted by molar-refractivity contribution is 5.99. The van der Waals surface area contributed by atoms with E-state index in [2.05, 4.69) is 20.3 Å². The van der Waals surface area contributed by atoms with Crippen LogP contribution in [0.15, 0.2) is 73.1 Å². The van der Waals surface area contributed by atoms with Gasteiger partial charge in [0.05, 0.1) is 18.5 Å². The summed E-state index contributed by atoms with van der Waals surface area (Å²) in [6, 6.07) is 17.3. The normalized spacial score (nSPS) is 11.9. The third-order valence-electron chi connectivity index (χ3n) is 6.60. The van der Waals surface area contributed by atoms with Gasteiger partial charge in [-0.3, -0.25) is 4.79 Å². The number of primary amides is 1. The number of nitrogen functional groups attached to an aromatic ring is 1. The Balaban J connectivity index is 1.64. The van der Waals surface area contributed by atoms with Crippen LogP contribution in [0.3, 0.4) is 0 Å². The fraction of sp³-hybridized carbons (Fsp3) is 0.167. The first-order valence-corrected chi connectivity index (χ1v) is 12.7. The molecule has 6 N–H and O–H groups in total. The second-order valence-electron chi connectivity index (χ2n) is 9.09. The number of carbonyl (C=O) groups excluding carboxylic acids is 1. The predicted octanol–water partition coefficient (Wildman–Crippen LogP) is 5.61. The van der Waals surface area contributed by atoms with Gasteiger partial charge in [-0.2, -0.15) is 0 Å². The summed E-state index contributed by atoms with van der Waals surface area (Å²) in [6.45, 7) is 4.15. The molecule has 8 nitrogen and oxygen atoms in total. The Morgan fingerprint density at radius 2 is 1.92 bits per heavy atom. The van der Waals surface area contributed by atoms with E-state index in [4.69, 9.17) is 16.2 Å². The van der Waals surface area contributed by atoms with Gasteiger partial charge in [-0.15, -0.1) is 0 Å². The molecule has 0 aliphatic carbocycles. The van der Waals surface area contributed by atoms with Crippen molar-refractivity contribution in [2.24, 2.45) is 5.73 Å². The average molecular weight is 525 g/mol. The lowest BCUT2D eigenvalue weighted by Gasteiger charge is -2.22. The zero-order valence-electron chi connectivity index (χ0n) is 21.7. The molecule has 0 unspecified atom stereocenters. The van der Waals surface area contributed by atoms with Crippen molar-refractivity contribution >= 4 is 28.2 Å². The molecule has 5 aromatic rings. The van der Waals surface area contributed by atoms with E-state index in [1.807, 2.05) is 50.2 Å². The zero-order chi connectivity index (χ0) is 27.5. The van der Waals surface area contributed by atoms with Crippen LogP contribution in [0.5, 0.6) is 5.75 Å². The Morgan fingerprint density at radius 1 is 1.10 bits per heavy atom. The Bertz CT molecular complexity index is 1670. The van der Waals surface area contributed by atoms with E-state index in [1.165, 1.54) is 0 Å². The van der Waals surface area contributed by atoms with Crippen LogP contribution in [0.25, 0.3) is 22.0 Å². The lowest BCUT2D eigenvalue weighted by Crippen LogP contribution is -2.17. The standard InChI is InChI=1S/C30H29FN6O2/c1-3-17-13-23(26(31)25(14-17)39-4-2)27(36-19-9-10-20-18(15-19)11-12-34-28(20)32)30-35-16-24(37-30)21-7-5-6-8-22(21)29(33)38/h5-16,27,36H,3-4H2,1-2H3,(H2,32,34)(H2,33,38)(H,35,37)/t27-/m0/s1. The maximum atomic E-state index is 15.9. The summed E-state index contributed by atoms with van der Waals surface area (Å²) in [5.74, 6) is 0.0400. The summed E-state index contributed by atoms with van der Waals surface area (Å²) < 4.78 is 21.6. The number of aromatic amines is 1. The van der Waals surface area contributed by atoms with Gasteiger partial charge in [0.15, 0.2) is 11.6 Å². The number of nitrogens with one attached hydrogen (secondary N) is 2. The molecule has 1 atom stereocenters. The Labute approximate surface area is 225 Å². The molecule has 5 rings (SSSR count). The minimum atomic E-state index is -0.721. The van der Waals surface area contributed by atoms with Crippen molar-refractivity contribution in [1.82, 2.24) is 15.0 Å². The number of aromatic nitrogens is 3. The molecule has 0 radical (unpaired) electrons. The smallest absolute Gasteiger partial charge is 0.249 e. The number of imidazole rings is 1. The molecule has 1 amide bonds. The first-order valence-electron chi connectivity index (χ1n) is 12.7. The van der Waals surface area contributed by atoms with E-state index in [0.717, 1.165) is 22.0 Å². The number of carbonyl (C=O) groups is 1. The summed E-state index contributed by atoms with van der Waals surface area (Å²) in [4.78, 5) is 24.1. The summed E-state index contributed by atoms with van der Waals surface area (Å²) in [7, 11) is 0. The van der Waals surface area contributed by atoms with Crippen LogP contribution in [0, 0.1) is 5.82 Å². The SMILES string of the molecule is CCOc1cc(CC)cc([C@H](Nc2ccc3c(N)nccc3c2)c2ncc(-c3ccccc3C(N)=O)[nH]2)c1F. The highest BCUT2D eigenvalue weighted by atomic mass is 19.1. The quantitative estimate of drug-likeness (QED) is 0.198. The lowest BCUT2D eigenvalue weighted by atomic mass is 9.99. The van der Waals surface area contributed by atoms with Crippen molar-refractivity contribution in [2.75, 3.05) is 17.7 Å². The number of fused-ring (bicyclic) bond motifs is 1. The van der Waals surface area contributed by atoms with E-state index >= 15 is 4.39 Å². The number of amides is 1. The highest BCUT2D eigenvalue weighted by Crippen LogP contribution is 2.35. The molecule has 198 valence electrons. The van der Waals surface area contributed by atoms with Gasteiger partial charge >= 0.3 is 0 Å². The molecular formula is C30H29FN6O2. The number of hydrogen-bond donors (Lipinski definition) is 4. The summed E-state index contributed by atoms with van der Waals surface area (Å²) in [5.41, 5.74) is 15.2. The summed E-state index contributed by atoms with van der Waals surface area (Å²) in [5, 5.41) is 5.15. The Kier molecular flexibility index (Phi) is 7.14. The summed E-state index contributed by atoms with van der Waals surface area (Å²) >= 11 is 0. The largest absolute Gasteiger partial charge is 0.491 e. The first kappa shape index (κ1) is 25.7. The monoisotopic (exact) mass is 524 g/mol. The number of rotatable bonds is 9. The lowest BCUT2D eigenvalue weighted by molar-refractivity contribution is 0.100. The van der Waals surface area contributed by atoms with Gasteiger partial charge in [-0.25, -0.2) is 14.4 Å². The first-order chi connectivity index (χ1) is 18.9. The van der Waals surface area contributed by atoms with Gasteiger partial charge in [0.25, 0.3) is 0 Å². The van der Waals surface area contributed by atoms with Crippen molar-refractivity contribution in [3.63, 3.8) is 0 Å². The maximum Gasteiger partial charge on any atom is 0.249 e. The number of halogens is 1. The topological polar surface area (TPSA) is 132 Å². The van der Waals surface area contributed by atoms with Crippen molar-refractivity contribution in [3.8, 4) is 17.0 Å². The second-order valence-corrected chi connectivity index (χ2v) is 9.09. The van der Waals surface area contributed by atoms with Crippen LogP contribution in [0.4, 0.5) is 15.9 Å². The fourth-order valence-electron chi connectivity index (χ4n) is 4.66. The van der Waals surface area contributed by atoms with Crippen LogP contribution in [-0.2, 0) is 6.42 Å². The Hall–Kier alpha value is -4.92. The van der Waals surface area contributed by atoms with Gasteiger partial charge in [-0.1, -0.05) is 31.2 Å². The molecule has 0 fully saturated rings. The molecule has 2 heterocycles. The number of nitrogens with two attached hydrogens (primary N) is 2. The highest BCUT2D eigenvalue weighted by Gasteiger charge is 2.25. The number of nitrogens with zero attached hydrogens (tertiary/aromatic N) is 2. The molecule has 3 aromatic carbocycles. The third-order valence-corrected chi connectivity index (χ3v) is 6.60. The van der Waals surface area contributed by atoms with E-state index in [1.54, 1.807) is 36.7 Å². The van der Waals surface area contributed by atoms with Crippen molar-refractivity contribution in [2.45, 2.75) is 26.3 Å². The number of H-pyrrole nitrogens is 1. The Morgan fingerprint density at radius 3 is 2.69 bits per heavy atom. The molecule has 0 aliphatic heterocycles. The van der Waals surface area contributed by atoms with Gasteiger partial charge in [-0.05, 0) is 60.7 Å². The number of hydrogen-bond acceptors (Lipinski definition) is 6. The molecule has 2 aromatic heterocycles.